The fourth-order valence-corrected chi connectivity index (χ4v) is 6.19. The zero-order valence-corrected chi connectivity index (χ0v) is 18.1. The first kappa shape index (κ1) is 20.2. The number of carbonyl (C=O) groups excluding carboxylic acids is 2. The van der Waals surface area contributed by atoms with E-state index in [1.807, 2.05) is 43.3 Å². The van der Waals surface area contributed by atoms with Crippen LogP contribution in [0.25, 0.3) is 11.1 Å². The number of carbonyl (C=O) groups is 2. The Balaban J connectivity index is 1.28. The van der Waals surface area contributed by atoms with Crippen molar-refractivity contribution < 1.29 is 18.0 Å². The van der Waals surface area contributed by atoms with Crippen LogP contribution in [-0.2, 0) is 19.6 Å². The van der Waals surface area contributed by atoms with Gasteiger partial charge >= 0.3 is 0 Å². The van der Waals surface area contributed by atoms with Crippen molar-refractivity contribution in [3.8, 4) is 11.1 Å². The molecule has 1 aliphatic carbocycles. The summed E-state index contributed by atoms with van der Waals surface area (Å²) in [6.07, 6.45) is 5.09. The summed E-state index contributed by atoms with van der Waals surface area (Å²) in [5.41, 5.74) is 3.14. The maximum absolute atomic E-state index is 13.0. The van der Waals surface area contributed by atoms with E-state index in [0.29, 0.717) is 12.8 Å². The van der Waals surface area contributed by atoms with Crippen LogP contribution in [0.3, 0.4) is 0 Å². The van der Waals surface area contributed by atoms with E-state index in [1.54, 1.807) is 24.3 Å². The van der Waals surface area contributed by atoms with Gasteiger partial charge in [0.2, 0.25) is 21.8 Å². The van der Waals surface area contributed by atoms with Crippen LogP contribution in [0.1, 0.15) is 18.4 Å². The third kappa shape index (κ3) is 3.32. The minimum atomic E-state index is -3.66. The number of imide groups is 1. The Morgan fingerprint density at radius 3 is 1.77 bits per heavy atom. The summed E-state index contributed by atoms with van der Waals surface area (Å²) in [6.45, 7) is 2.34. The quantitative estimate of drug-likeness (QED) is 0.546. The SMILES string of the molecule is Cc1ccc(-c2ccc(S(=O)(=O)N3CC(N4C(=O)C5CC=CCC5C4=O)C3)cc2)cc1. The minimum Gasteiger partial charge on any atom is -0.276 e. The molecular formula is C24H24N2O4S. The number of sulfonamides is 1. The van der Waals surface area contributed by atoms with E-state index in [1.165, 1.54) is 14.8 Å². The van der Waals surface area contributed by atoms with E-state index < -0.39 is 10.0 Å². The standard InChI is InChI=1S/C24H24N2O4S/c1-16-6-8-17(9-7-16)18-10-12-20(13-11-18)31(29,30)25-14-19(15-25)26-23(27)21-4-2-3-5-22(21)24(26)28/h2-3,6-13,19,21-22H,4-5,14-15H2,1H3. The molecule has 2 amide bonds. The predicted octanol–water partition coefficient (Wildman–Crippen LogP) is 2.99. The van der Waals surface area contributed by atoms with Gasteiger partial charge in [-0.2, -0.15) is 4.31 Å². The molecule has 0 aromatic heterocycles. The number of amides is 2. The molecule has 2 atom stereocenters. The second-order valence-corrected chi connectivity index (χ2v) is 10.5. The summed E-state index contributed by atoms with van der Waals surface area (Å²) in [5.74, 6) is -0.859. The number of nitrogens with zero attached hydrogens (tertiary/aromatic N) is 2. The smallest absolute Gasteiger partial charge is 0.243 e. The molecule has 2 aromatic carbocycles. The molecule has 7 heteroatoms. The number of allylic oxidation sites excluding steroid dienone is 2. The number of rotatable bonds is 4. The van der Waals surface area contributed by atoms with E-state index in [9.17, 15) is 18.0 Å². The number of benzene rings is 2. The molecule has 5 rings (SSSR count). The van der Waals surface area contributed by atoms with E-state index in [2.05, 4.69) is 0 Å². The van der Waals surface area contributed by atoms with Crippen molar-refractivity contribution in [1.82, 2.24) is 9.21 Å². The molecule has 2 heterocycles. The molecule has 0 radical (unpaired) electrons. The summed E-state index contributed by atoms with van der Waals surface area (Å²) in [7, 11) is -3.66. The van der Waals surface area contributed by atoms with Gasteiger partial charge in [0.05, 0.1) is 22.8 Å². The van der Waals surface area contributed by atoms with E-state index >= 15 is 0 Å². The normalized spacial score (nSPS) is 24.4. The Morgan fingerprint density at radius 2 is 1.26 bits per heavy atom. The molecule has 31 heavy (non-hydrogen) atoms. The van der Waals surface area contributed by atoms with Gasteiger partial charge in [-0.15, -0.1) is 0 Å². The van der Waals surface area contributed by atoms with Crippen molar-refractivity contribution in [3.05, 3.63) is 66.2 Å². The van der Waals surface area contributed by atoms with Gasteiger partial charge in [-0.05, 0) is 43.0 Å². The third-order valence-electron chi connectivity index (χ3n) is 6.61. The van der Waals surface area contributed by atoms with Gasteiger partial charge in [0.1, 0.15) is 0 Å². The number of hydrogen-bond donors (Lipinski definition) is 0. The summed E-state index contributed by atoms with van der Waals surface area (Å²) in [6, 6.07) is 14.5. The average Bonchev–Trinajstić information content (AvgIpc) is 2.99. The Kier molecular flexibility index (Phi) is 4.83. The van der Waals surface area contributed by atoms with Crippen LogP contribution in [0.15, 0.2) is 65.6 Å². The van der Waals surface area contributed by atoms with Gasteiger partial charge in [0.25, 0.3) is 0 Å². The lowest BCUT2D eigenvalue weighted by molar-refractivity contribution is -0.145. The monoisotopic (exact) mass is 436 g/mol. The van der Waals surface area contributed by atoms with Crippen molar-refractivity contribution >= 4 is 21.8 Å². The zero-order valence-electron chi connectivity index (χ0n) is 17.3. The fourth-order valence-electron chi connectivity index (χ4n) is 4.68. The van der Waals surface area contributed by atoms with Gasteiger partial charge in [-0.3, -0.25) is 14.5 Å². The lowest BCUT2D eigenvalue weighted by Gasteiger charge is -2.42. The van der Waals surface area contributed by atoms with Crippen molar-refractivity contribution in [1.29, 1.82) is 0 Å². The van der Waals surface area contributed by atoms with Crippen molar-refractivity contribution in [2.75, 3.05) is 13.1 Å². The first-order valence-corrected chi connectivity index (χ1v) is 12.0. The molecule has 160 valence electrons. The number of hydrogen-bond acceptors (Lipinski definition) is 4. The number of aryl methyl sites for hydroxylation is 1. The van der Waals surface area contributed by atoms with Crippen LogP contribution in [0.4, 0.5) is 0 Å². The largest absolute Gasteiger partial charge is 0.276 e. The Morgan fingerprint density at radius 1 is 0.774 bits per heavy atom. The summed E-state index contributed by atoms with van der Waals surface area (Å²) in [4.78, 5) is 27.0. The first-order chi connectivity index (χ1) is 14.9. The lowest BCUT2D eigenvalue weighted by Crippen LogP contribution is -2.62. The summed E-state index contributed by atoms with van der Waals surface area (Å²) in [5, 5.41) is 0. The van der Waals surface area contributed by atoms with E-state index in [0.717, 1.165) is 11.1 Å². The van der Waals surface area contributed by atoms with Crippen LogP contribution < -0.4 is 0 Å². The van der Waals surface area contributed by atoms with E-state index in [4.69, 9.17) is 0 Å². The fraction of sp³-hybridized carbons (Fsp3) is 0.333. The summed E-state index contributed by atoms with van der Waals surface area (Å²) < 4.78 is 27.4. The van der Waals surface area contributed by atoms with Gasteiger partial charge < -0.3 is 0 Å². The van der Waals surface area contributed by atoms with Crippen LogP contribution in [0, 0.1) is 18.8 Å². The minimum absolute atomic E-state index is 0.149. The van der Waals surface area contributed by atoms with Gasteiger partial charge in [0.15, 0.2) is 0 Å². The Labute approximate surface area is 182 Å². The molecule has 0 saturated carbocycles. The summed E-state index contributed by atoms with van der Waals surface area (Å²) >= 11 is 0. The molecule has 2 fully saturated rings. The Bertz CT molecular complexity index is 1140. The highest BCUT2D eigenvalue weighted by atomic mass is 32.2. The van der Waals surface area contributed by atoms with Crippen LogP contribution in [0.2, 0.25) is 0 Å². The highest BCUT2D eigenvalue weighted by molar-refractivity contribution is 7.89. The van der Waals surface area contributed by atoms with Gasteiger partial charge in [0, 0.05) is 13.1 Å². The Hall–Kier alpha value is -2.77. The average molecular weight is 437 g/mol. The van der Waals surface area contributed by atoms with Crippen molar-refractivity contribution in [2.24, 2.45) is 11.8 Å². The molecule has 2 aliphatic heterocycles. The number of likely N-dealkylation sites (tertiary alicyclic amines) is 1. The van der Waals surface area contributed by atoms with Crippen LogP contribution in [0.5, 0.6) is 0 Å². The van der Waals surface area contributed by atoms with Crippen molar-refractivity contribution in [2.45, 2.75) is 30.7 Å². The highest BCUT2D eigenvalue weighted by Crippen LogP contribution is 2.38. The molecule has 0 bridgehead atoms. The van der Waals surface area contributed by atoms with Crippen molar-refractivity contribution in [3.63, 3.8) is 0 Å². The molecule has 3 aliphatic rings. The van der Waals surface area contributed by atoms with E-state index in [-0.39, 0.29) is 47.7 Å². The number of fused-ring (bicyclic) bond motifs is 1. The zero-order chi connectivity index (χ0) is 21.8. The topological polar surface area (TPSA) is 74.8 Å². The molecule has 6 nitrogen and oxygen atoms in total. The second kappa shape index (κ2) is 7.43. The van der Waals surface area contributed by atoms with Crippen LogP contribution in [-0.4, -0.2) is 48.6 Å². The molecule has 2 unspecified atom stereocenters. The molecule has 0 spiro atoms. The molecule has 2 aromatic rings. The molecule has 0 N–H and O–H groups in total. The van der Waals surface area contributed by atoms with Gasteiger partial charge in [-0.1, -0.05) is 54.1 Å². The highest BCUT2D eigenvalue weighted by Gasteiger charge is 2.53. The predicted molar refractivity (Wildman–Crippen MR) is 116 cm³/mol. The lowest BCUT2D eigenvalue weighted by atomic mass is 9.85. The molecule has 2 saturated heterocycles. The molecular weight excluding hydrogens is 412 g/mol. The first-order valence-electron chi connectivity index (χ1n) is 10.6. The third-order valence-corrected chi connectivity index (χ3v) is 8.46. The second-order valence-electron chi connectivity index (χ2n) is 8.57. The maximum atomic E-state index is 13.0. The van der Waals surface area contributed by atoms with Crippen LogP contribution >= 0.6 is 0 Å². The maximum Gasteiger partial charge on any atom is 0.243 e. The van der Waals surface area contributed by atoms with Gasteiger partial charge in [-0.25, -0.2) is 8.42 Å².